The van der Waals surface area contributed by atoms with Crippen LogP contribution in [0.15, 0.2) is 0 Å². The lowest BCUT2D eigenvalue weighted by Gasteiger charge is -2.06. The van der Waals surface area contributed by atoms with Crippen LogP contribution in [0.25, 0.3) is 0 Å². The van der Waals surface area contributed by atoms with Crippen LogP contribution >= 0.6 is 11.8 Å². The summed E-state index contributed by atoms with van der Waals surface area (Å²) < 4.78 is 36.7. The maximum Gasteiger partial charge on any atom is 0.441 e. The van der Waals surface area contributed by atoms with Gasteiger partial charge in [0.25, 0.3) is 0 Å². The minimum Gasteiger partial charge on any atom is -0.476 e. The highest BCUT2D eigenvalue weighted by molar-refractivity contribution is 8.00. The van der Waals surface area contributed by atoms with Gasteiger partial charge in [-0.2, -0.15) is 13.2 Å². The maximum absolute atomic E-state index is 11.9. The fourth-order valence-corrected chi connectivity index (χ4v) is 1.62. The second-order valence-electron chi connectivity index (χ2n) is 2.91. The molecule has 0 fully saturated rings. The van der Waals surface area contributed by atoms with E-state index in [4.69, 9.17) is 10.8 Å². The SMILES string of the molecule is NCc1c(C(=O)O)nnn1CCSC(F)(F)F. The monoisotopic (exact) mass is 270 g/mol. The van der Waals surface area contributed by atoms with E-state index in [0.29, 0.717) is 0 Å². The van der Waals surface area contributed by atoms with Gasteiger partial charge in [0, 0.05) is 12.3 Å². The number of nitrogens with zero attached hydrogens (tertiary/aromatic N) is 3. The zero-order valence-electron chi connectivity index (χ0n) is 8.44. The van der Waals surface area contributed by atoms with Crippen LogP contribution in [0.5, 0.6) is 0 Å². The van der Waals surface area contributed by atoms with Crippen molar-refractivity contribution in [1.29, 1.82) is 0 Å². The summed E-state index contributed by atoms with van der Waals surface area (Å²) in [6.07, 6.45) is 0. The van der Waals surface area contributed by atoms with E-state index in [1.54, 1.807) is 0 Å². The van der Waals surface area contributed by atoms with Crippen molar-refractivity contribution in [3.8, 4) is 0 Å². The van der Waals surface area contributed by atoms with E-state index in [2.05, 4.69) is 10.3 Å². The standard InChI is InChI=1S/C7H9F3N4O2S/c8-7(9,10)17-2-1-14-4(3-11)5(6(15)16)12-13-14/h1-3,11H2,(H,15,16). The predicted molar refractivity (Wildman–Crippen MR) is 53.4 cm³/mol. The second-order valence-corrected chi connectivity index (χ2v) is 4.07. The molecular weight excluding hydrogens is 261 g/mol. The molecule has 0 bridgehead atoms. The lowest BCUT2D eigenvalue weighted by Crippen LogP contribution is -2.14. The van der Waals surface area contributed by atoms with Crippen LogP contribution in [-0.2, 0) is 13.1 Å². The third-order valence-electron chi connectivity index (χ3n) is 1.80. The molecule has 0 aliphatic heterocycles. The fourth-order valence-electron chi connectivity index (χ4n) is 1.13. The van der Waals surface area contributed by atoms with Gasteiger partial charge in [-0.15, -0.1) is 5.10 Å². The molecule has 10 heteroatoms. The molecule has 1 aromatic heterocycles. The molecule has 0 aromatic carbocycles. The lowest BCUT2D eigenvalue weighted by atomic mass is 10.3. The van der Waals surface area contributed by atoms with E-state index in [1.165, 1.54) is 0 Å². The average molecular weight is 270 g/mol. The molecule has 0 amide bonds. The van der Waals surface area contributed by atoms with E-state index in [0.717, 1.165) is 4.68 Å². The molecule has 17 heavy (non-hydrogen) atoms. The van der Waals surface area contributed by atoms with Gasteiger partial charge in [0.15, 0.2) is 5.69 Å². The van der Waals surface area contributed by atoms with Crippen molar-refractivity contribution < 1.29 is 23.1 Å². The van der Waals surface area contributed by atoms with E-state index in [-0.39, 0.29) is 42.0 Å². The zero-order valence-corrected chi connectivity index (χ0v) is 9.25. The Hall–Kier alpha value is -1.29. The van der Waals surface area contributed by atoms with Gasteiger partial charge >= 0.3 is 11.5 Å². The smallest absolute Gasteiger partial charge is 0.441 e. The summed E-state index contributed by atoms with van der Waals surface area (Å²) in [5.41, 5.74) is 0.760. The van der Waals surface area contributed by atoms with Crippen molar-refractivity contribution in [1.82, 2.24) is 15.0 Å². The number of aromatic nitrogens is 3. The van der Waals surface area contributed by atoms with Crippen LogP contribution in [0.1, 0.15) is 16.2 Å². The number of carbonyl (C=O) groups is 1. The molecule has 0 spiro atoms. The predicted octanol–water partition coefficient (Wildman–Crippen LogP) is 0.688. The number of nitrogens with two attached hydrogens (primary N) is 1. The first-order valence-electron chi connectivity index (χ1n) is 4.41. The number of hydrogen-bond acceptors (Lipinski definition) is 5. The summed E-state index contributed by atoms with van der Waals surface area (Å²) in [5.74, 6) is -1.58. The van der Waals surface area contributed by atoms with Gasteiger partial charge < -0.3 is 10.8 Å². The van der Waals surface area contributed by atoms with Crippen molar-refractivity contribution in [3.63, 3.8) is 0 Å². The first kappa shape index (κ1) is 13.8. The molecule has 1 heterocycles. The van der Waals surface area contributed by atoms with E-state index in [1.807, 2.05) is 0 Å². The zero-order chi connectivity index (χ0) is 13.1. The molecule has 0 aliphatic carbocycles. The Balaban J connectivity index is 2.69. The molecular formula is C7H9F3N4O2S. The van der Waals surface area contributed by atoms with Gasteiger partial charge in [-0.05, 0) is 11.8 Å². The summed E-state index contributed by atoms with van der Waals surface area (Å²) in [6.45, 7) is -0.248. The molecule has 96 valence electrons. The van der Waals surface area contributed by atoms with Crippen LogP contribution in [-0.4, -0.2) is 37.3 Å². The molecule has 0 unspecified atom stereocenters. The number of carboxylic acids is 1. The summed E-state index contributed by atoms with van der Waals surface area (Å²) >= 11 is -0.212. The number of thioether (sulfide) groups is 1. The molecule has 0 radical (unpaired) electrons. The van der Waals surface area contributed by atoms with Gasteiger partial charge in [-0.25, -0.2) is 9.48 Å². The molecule has 0 atom stereocenters. The Kier molecular flexibility index (Phi) is 4.34. The third kappa shape index (κ3) is 3.89. The third-order valence-corrected chi connectivity index (χ3v) is 2.52. The Labute approximate surface area is 98.0 Å². The number of aromatic carboxylic acids is 1. The fraction of sp³-hybridized carbons (Fsp3) is 0.571. The maximum atomic E-state index is 11.9. The molecule has 0 saturated carbocycles. The summed E-state index contributed by atoms with van der Waals surface area (Å²) in [6, 6.07) is 0. The van der Waals surface area contributed by atoms with E-state index >= 15 is 0 Å². The Morgan fingerprint density at radius 2 is 2.18 bits per heavy atom. The van der Waals surface area contributed by atoms with Crippen molar-refractivity contribution in [2.24, 2.45) is 5.73 Å². The second kappa shape index (κ2) is 5.36. The van der Waals surface area contributed by atoms with Crippen molar-refractivity contribution in [3.05, 3.63) is 11.4 Å². The number of halogens is 3. The first-order valence-corrected chi connectivity index (χ1v) is 5.40. The molecule has 3 N–H and O–H groups in total. The highest BCUT2D eigenvalue weighted by atomic mass is 32.2. The van der Waals surface area contributed by atoms with Gasteiger partial charge in [-0.3, -0.25) is 0 Å². The number of aryl methyl sites for hydroxylation is 1. The van der Waals surface area contributed by atoms with E-state index in [9.17, 15) is 18.0 Å². The van der Waals surface area contributed by atoms with Crippen molar-refractivity contribution in [2.75, 3.05) is 5.75 Å². The molecule has 1 rings (SSSR count). The molecule has 0 aliphatic rings. The number of carboxylic acid groups (broad SMARTS) is 1. The largest absolute Gasteiger partial charge is 0.476 e. The van der Waals surface area contributed by atoms with Gasteiger partial charge in [0.2, 0.25) is 0 Å². The molecule has 6 nitrogen and oxygen atoms in total. The van der Waals surface area contributed by atoms with Crippen LogP contribution in [0.3, 0.4) is 0 Å². The number of rotatable bonds is 5. The van der Waals surface area contributed by atoms with Crippen LogP contribution in [0.2, 0.25) is 0 Å². The summed E-state index contributed by atoms with van der Waals surface area (Å²) in [5, 5.41) is 15.5. The summed E-state index contributed by atoms with van der Waals surface area (Å²) in [4.78, 5) is 10.7. The Bertz CT molecular complexity index is 406. The highest BCUT2D eigenvalue weighted by Crippen LogP contribution is 2.30. The summed E-state index contributed by atoms with van der Waals surface area (Å²) in [7, 11) is 0. The average Bonchev–Trinajstić information content (AvgIpc) is 2.58. The van der Waals surface area contributed by atoms with Crippen LogP contribution in [0.4, 0.5) is 13.2 Å². The van der Waals surface area contributed by atoms with Crippen molar-refractivity contribution >= 4 is 17.7 Å². The van der Waals surface area contributed by atoms with Crippen molar-refractivity contribution in [2.45, 2.75) is 18.6 Å². The Morgan fingerprint density at radius 1 is 1.53 bits per heavy atom. The first-order chi connectivity index (χ1) is 7.85. The van der Waals surface area contributed by atoms with Gasteiger partial charge in [0.05, 0.1) is 12.2 Å². The van der Waals surface area contributed by atoms with Crippen LogP contribution < -0.4 is 5.73 Å². The minimum absolute atomic E-state index is 0.100. The number of alkyl halides is 3. The van der Waals surface area contributed by atoms with Gasteiger partial charge in [-0.1, -0.05) is 5.21 Å². The molecule has 1 aromatic rings. The minimum atomic E-state index is -4.32. The van der Waals surface area contributed by atoms with E-state index < -0.39 is 11.5 Å². The quantitative estimate of drug-likeness (QED) is 0.817. The lowest BCUT2D eigenvalue weighted by molar-refractivity contribution is -0.0328. The van der Waals surface area contributed by atoms with Crippen LogP contribution in [0, 0.1) is 0 Å². The highest BCUT2D eigenvalue weighted by Gasteiger charge is 2.28. The topological polar surface area (TPSA) is 94.0 Å². The molecule has 0 saturated heterocycles. The number of hydrogen-bond donors (Lipinski definition) is 2. The van der Waals surface area contributed by atoms with Gasteiger partial charge in [0.1, 0.15) is 0 Å². The Morgan fingerprint density at radius 3 is 2.65 bits per heavy atom. The normalized spacial score (nSPS) is 11.8.